The Morgan fingerprint density at radius 3 is 2.85 bits per heavy atom. The third-order valence-electron chi connectivity index (χ3n) is 3.84. The van der Waals surface area contributed by atoms with Crippen LogP contribution in [0.15, 0.2) is 18.2 Å². The van der Waals surface area contributed by atoms with Crippen LogP contribution in [0, 0.1) is 0 Å². The standard InChI is InChI=1S/C15H20Cl2N2O/c1-18(9-12-4-3-7-19(12)2)10-15(20)13-8-11(16)5-6-14(13)17/h5-6,8,12H,3-4,7,9-10H2,1-2H3. The number of hydrogen-bond donors (Lipinski definition) is 0. The molecule has 0 spiro atoms. The number of nitrogens with zero attached hydrogens (tertiary/aromatic N) is 2. The average Bonchev–Trinajstić information content (AvgIpc) is 2.77. The molecule has 1 aromatic rings. The molecule has 0 bridgehead atoms. The Morgan fingerprint density at radius 2 is 2.20 bits per heavy atom. The van der Waals surface area contributed by atoms with Gasteiger partial charge in [0.05, 0.1) is 11.6 Å². The molecule has 0 N–H and O–H groups in total. The highest BCUT2D eigenvalue weighted by Crippen LogP contribution is 2.21. The number of carbonyl (C=O) groups is 1. The Labute approximate surface area is 130 Å². The van der Waals surface area contributed by atoms with Crippen LogP contribution in [0.2, 0.25) is 10.0 Å². The fourth-order valence-corrected chi connectivity index (χ4v) is 3.07. The number of likely N-dealkylation sites (N-methyl/N-ethyl adjacent to an activating group) is 2. The number of ketones is 1. The van der Waals surface area contributed by atoms with E-state index >= 15 is 0 Å². The van der Waals surface area contributed by atoms with Crippen LogP contribution >= 0.6 is 23.2 Å². The number of hydrogen-bond acceptors (Lipinski definition) is 3. The lowest BCUT2D eigenvalue weighted by Gasteiger charge is -2.25. The predicted octanol–water partition coefficient (Wildman–Crippen LogP) is 3.20. The zero-order valence-electron chi connectivity index (χ0n) is 11.9. The maximum atomic E-state index is 12.3. The lowest BCUT2D eigenvalue weighted by Crippen LogP contribution is -2.38. The molecule has 20 heavy (non-hydrogen) atoms. The number of Topliss-reactive ketones (excluding diaryl/α,β-unsaturated/α-hetero) is 1. The molecule has 1 aromatic carbocycles. The van der Waals surface area contributed by atoms with E-state index in [2.05, 4.69) is 16.8 Å². The summed E-state index contributed by atoms with van der Waals surface area (Å²) in [5.74, 6) is 0.0145. The van der Waals surface area contributed by atoms with E-state index in [-0.39, 0.29) is 5.78 Å². The maximum absolute atomic E-state index is 12.3. The Hall–Kier alpha value is -0.610. The molecule has 1 atom stereocenters. The summed E-state index contributed by atoms with van der Waals surface area (Å²) in [6, 6.07) is 5.55. The summed E-state index contributed by atoms with van der Waals surface area (Å²) in [6.07, 6.45) is 2.44. The molecule has 0 amide bonds. The molecule has 1 aliphatic rings. The van der Waals surface area contributed by atoms with Gasteiger partial charge in [-0.15, -0.1) is 0 Å². The predicted molar refractivity (Wildman–Crippen MR) is 83.9 cm³/mol. The summed E-state index contributed by atoms with van der Waals surface area (Å²) in [7, 11) is 4.11. The van der Waals surface area contributed by atoms with Crippen LogP contribution < -0.4 is 0 Å². The highest BCUT2D eigenvalue weighted by Gasteiger charge is 2.23. The van der Waals surface area contributed by atoms with Crippen molar-refractivity contribution < 1.29 is 4.79 Å². The summed E-state index contributed by atoms with van der Waals surface area (Å²) < 4.78 is 0. The molecular formula is C15H20Cl2N2O. The Balaban J connectivity index is 1.95. The molecule has 1 saturated heterocycles. The van der Waals surface area contributed by atoms with Gasteiger partial charge in [-0.2, -0.15) is 0 Å². The van der Waals surface area contributed by atoms with Crippen molar-refractivity contribution in [1.29, 1.82) is 0 Å². The lowest BCUT2D eigenvalue weighted by molar-refractivity contribution is 0.0932. The van der Waals surface area contributed by atoms with Gasteiger partial charge in [0.1, 0.15) is 0 Å². The smallest absolute Gasteiger partial charge is 0.178 e. The van der Waals surface area contributed by atoms with Gasteiger partial charge in [0, 0.05) is 23.2 Å². The average molecular weight is 315 g/mol. The van der Waals surface area contributed by atoms with Crippen LogP contribution in [-0.4, -0.2) is 55.4 Å². The van der Waals surface area contributed by atoms with Crippen LogP contribution in [-0.2, 0) is 0 Å². The van der Waals surface area contributed by atoms with Crippen molar-refractivity contribution in [3.05, 3.63) is 33.8 Å². The van der Waals surface area contributed by atoms with Crippen molar-refractivity contribution >= 4 is 29.0 Å². The molecule has 1 aliphatic heterocycles. The largest absolute Gasteiger partial charge is 0.302 e. The van der Waals surface area contributed by atoms with Gasteiger partial charge in [-0.25, -0.2) is 0 Å². The SMILES string of the molecule is CN(CC(=O)c1cc(Cl)ccc1Cl)CC1CCCN1C. The first-order valence-corrected chi connectivity index (χ1v) is 7.60. The van der Waals surface area contributed by atoms with Crippen LogP contribution in [0.3, 0.4) is 0 Å². The highest BCUT2D eigenvalue weighted by molar-refractivity contribution is 6.36. The highest BCUT2D eigenvalue weighted by atomic mass is 35.5. The molecule has 1 unspecified atom stereocenters. The van der Waals surface area contributed by atoms with Crippen LogP contribution in [0.1, 0.15) is 23.2 Å². The number of rotatable bonds is 5. The third-order valence-corrected chi connectivity index (χ3v) is 4.40. The molecule has 3 nitrogen and oxygen atoms in total. The number of likely N-dealkylation sites (tertiary alicyclic amines) is 1. The molecule has 5 heteroatoms. The monoisotopic (exact) mass is 314 g/mol. The topological polar surface area (TPSA) is 23.6 Å². The summed E-state index contributed by atoms with van der Waals surface area (Å²) in [5, 5.41) is 1.00. The molecular weight excluding hydrogens is 295 g/mol. The van der Waals surface area contributed by atoms with E-state index in [9.17, 15) is 4.79 Å². The van der Waals surface area contributed by atoms with E-state index in [1.807, 2.05) is 7.05 Å². The van der Waals surface area contributed by atoms with Crippen LogP contribution in [0.4, 0.5) is 0 Å². The van der Waals surface area contributed by atoms with Crippen molar-refractivity contribution in [2.75, 3.05) is 33.7 Å². The van der Waals surface area contributed by atoms with Gasteiger partial charge in [-0.1, -0.05) is 23.2 Å². The normalized spacial score (nSPS) is 19.8. The Morgan fingerprint density at radius 1 is 1.45 bits per heavy atom. The number of carbonyl (C=O) groups excluding carboxylic acids is 1. The van der Waals surface area contributed by atoms with Gasteiger partial charge >= 0.3 is 0 Å². The molecule has 0 radical (unpaired) electrons. The summed E-state index contributed by atoms with van der Waals surface area (Å²) in [6.45, 7) is 2.41. The molecule has 2 rings (SSSR count). The molecule has 0 saturated carbocycles. The second-order valence-corrected chi connectivity index (χ2v) is 6.36. The Bertz CT molecular complexity index is 493. The van der Waals surface area contributed by atoms with Crippen molar-refractivity contribution in [1.82, 2.24) is 9.80 Å². The summed E-state index contributed by atoms with van der Waals surface area (Å²) in [4.78, 5) is 16.7. The van der Waals surface area contributed by atoms with Crippen LogP contribution in [0.25, 0.3) is 0 Å². The van der Waals surface area contributed by atoms with Crippen molar-refractivity contribution in [3.8, 4) is 0 Å². The van der Waals surface area contributed by atoms with E-state index in [1.54, 1.807) is 18.2 Å². The van der Waals surface area contributed by atoms with Crippen molar-refractivity contribution in [3.63, 3.8) is 0 Å². The van der Waals surface area contributed by atoms with Gasteiger partial charge in [0.25, 0.3) is 0 Å². The van der Waals surface area contributed by atoms with Crippen molar-refractivity contribution in [2.45, 2.75) is 18.9 Å². The second kappa shape index (κ2) is 6.90. The van der Waals surface area contributed by atoms with Gasteiger partial charge in [0.15, 0.2) is 5.78 Å². The van der Waals surface area contributed by atoms with E-state index in [1.165, 1.54) is 12.8 Å². The first-order valence-electron chi connectivity index (χ1n) is 6.84. The van der Waals surface area contributed by atoms with E-state index in [0.717, 1.165) is 13.1 Å². The molecule has 1 fully saturated rings. The van der Waals surface area contributed by atoms with E-state index < -0.39 is 0 Å². The molecule has 0 aromatic heterocycles. The van der Waals surface area contributed by atoms with Gasteiger partial charge in [-0.3, -0.25) is 9.69 Å². The quantitative estimate of drug-likeness (QED) is 0.780. The minimum Gasteiger partial charge on any atom is -0.302 e. The lowest BCUT2D eigenvalue weighted by atomic mass is 10.1. The van der Waals surface area contributed by atoms with Gasteiger partial charge < -0.3 is 4.90 Å². The van der Waals surface area contributed by atoms with Crippen LogP contribution in [0.5, 0.6) is 0 Å². The minimum absolute atomic E-state index is 0.0145. The maximum Gasteiger partial charge on any atom is 0.178 e. The first-order chi connectivity index (χ1) is 9.47. The second-order valence-electron chi connectivity index (χ2n) is 5.52. The zero-order valence-corrected chi connectivity index (χ0v) is 13.4. The first kappa shape index (κ1) is 15.8. The van der Waals surface area contributed by atoms with Crippen molar-refractivity contribution in [2.24, 2.45) is 0 Å². The molecule has 110 valence electrons. The van der Waals surface area contributed by atoms with E-state index in [0.29, 0.717) is 28.2 Å². The summed E-state index contributed by atoms with van der Waals surface area (Å²) >= 11 is 12.0. The number of halogens is 2. The van der Waals surface area contributed by atoms with Gasteiger partial charge in [0.2, 0.25) is 0 Å². The molecule has 0 aliphatic carbocycles. The molecule has 1 heterocycles. The fourth-order valence-electron chi connectivity index (χ4n) is 2.68. The summed E-state index contributed by atoms with van der Waals surface area (Å²) in [5.41, 5.74) is 0.505. The third kappa shape index (κ3) is 3.95. The minimum atomic E-state index is 0.0145. The Kier molecular flexibility index (Phi) is 5.44. The zero-order chi connectivity index (χ0) is 14.7. The van der Waals surface area contributed by atoms with Gasteiger partial charge in [-0.05, 0) is 51.7 Å². The fraction of sp³-hybridized carbons (Fsp3) is 0.533. The number of benzene rings is 1. The van der Waals surface area contributed by atoms with E-state index in [4.69, 9.17) is 23.2 Å².